The third kappa shape index (κ3) is 7.60. The van der Waals surface area contributed by atoms with Crippen LogP contribution in [0.4, 0.5) is 5.69 Å². The number of nitrogens with one attached hydrogen (secondary N) is 1. The number of halogens is 2. The molecule has 0 spiro atoms. The molecule has 2 aromatic rings. The van der Waals surface area contributed by atoms with Crippen molar-refractivity contribution in [1.29, 1.82) is 0 Å². The number of anilines is 1. The summed E-state index contributed by atoms with van der Waals surface area (Å²) in [6.45, 7) is 7.59. The fraction of sp³-hybridized carbons (Fsp3) is 0.462. The average molecular weight is 557 g/mol. The number of hydrogen-bond donors (Lipinski definition) is 1. The van der Waals surface area contributed by atoms with E-state index in [1.54, 1.807) is 37.3 Å². The van der Waals surface area contributed by atoms with Gasteiger partial charge in [-0.1, -0.05) is 75.2 Å². The highest BCUT2D eigenvalue weighted by atomic mass is 35.5. The van der Waals surface area contributed by atoms with Gasteiger partial charge >= 0.3 is 0 Å². The van der Waals surface area contributed by atoms with Gasteiger partial charge in [-0.15, -0.1) is 0 Å². The van der Waals surface area contributed by atoms with Gasteiger partial charge in [0.1, 0.15) is 12.6 Å². The third-order valence-electron chi connectivity index (χ3n) is 5.83. The van der Waals surface area contributed by atoms with Crippen LogP contribution in [0.3, 0.4) is 0 Å². The second-order valence-corrected chi connectivity index (χ2v) is 11.6. The van der Waals surface area contributed by atoms with E-state index in [-0.39, 0.29) is 18.4 Å². The molecule has 2 amide bonds. The fourth-order valence-corrected chi connectivity index (χ4v) is 5.32. The summed E-state index contributed by atoms with van der Waals surface area (Å²) in [5, 5.41) is 3.55. The molecule has 1 atom stereocenters. The molecule has 0 aromatic heterocycles. The van der Waals surface area contributed by atoms with Crippen LogP contribution in [0.2, 0.25) is 10.0 Å². The fourth-order valence-electron chi connectivity index (χ4n) is 3.94. The number of rotatable bonds is 12. The molecular weight excluding hydrogens is 521 g/mol. The van der Waals surface area contributed by atoms with Crippen LogP contribution in [0.1, 0.15) is 57.6 Å². The zero-order chi connectivity index (χ0) is 27.0. The Hall–Kier alpha value is -2.29. The second-order valence-electron chi connectivity index (χ2n) is 8.92. The first-order chi connectivity index (χ1) is 16.9. The highest BCUT2D eigenvalue weighted by Crippen LogP contribution is 2.30. The van der Waals surface area contributed by atoms with Crippen LogP contribution in [0, 0.1) is 0 Å². The Labute approximate surface area is 224 Å². The van der Waals surface area contributed by atoms with Crippen LogP contribution in [0.5, 0.6) is 0 Å². The van der Waals surface area contributed by atoms with Crippen LogP contribution in [0.15, 0.2) is 42.5 Å². The summed E-state index contributed by atoms with van der Waals surface area (Å²) in [4.78, 5) is 28.2. The number of hydrogen-bond acceptors (Lipinski definition) is 4. The standard InChI is InChI=1S/C26H35Cl2N3O4S/c1-6-15-29-26(33)23(7-2)30(16-20-21(27)12-10-13-22(20)28)25(32)17-31(36(5,34)35)24-14-9-8-11-19(24)18(3)4/h8-14,18,23H,6-7,15-17H2,1-5H3,(H,29,33)/t23-/m0/s1. The van der Waals surface area contributed by atoms with Crippen molar-refractivity contribution in [2.75, 3.05) is 23.7 Å². The van der Waals surface area contributed by atoms with E-state index in [0.29, 0.717) is 34.3 Å². The number of sulfonamides is 1. The Morgan fingerprint density at radius 2 is 1.61 bits per heavy atom. The quantitative estimate of drug-likeness (QED) is 0.389. The molecule has 0 aliphatic heterocycles. The molecular formula is C26H35Cl2N3O4S. The van der Waals surface area contributed by atoms with E-state index in [0.717, 1.165) is 22.5 Å². The topological polar surface area (TPSA) is 86.8 Å². The number of para-hydroxylation sites is 1. The molecule has 0 unspecified atom stereocenters. The van der Waals surface area contributed by atoms with Crippen molar-refractivity contribution in [3.63, 3.8) is 0 Å². The van der Waals surface area contributed by atoms with Gasteiger partial charge in [-0.05, 0) is 42.5 Å². The van der Waals surface area contributed by atoms with E-state index in [4.69, 9.17) is 23.2 Å². The normalized spacial score (nSPS) is 12.3. The maximum atomic E-state index is 13.8. The summed E-state index contributed by atoms with van der Waals surface area (Å²) in [6.07, 6.45) is 2.13. The average Bonchev–Trinajstić information content (AvgIpc) is 2.81. The minimum atomic E-state index is -3.83. The maximum absolute atomic E-state index is 13.8. The molecule has 36 heavy (non-hydrogen) atoms. The molecule has 1 N–H and O–H groups in total. The SMILES string of the molecule is CCCNC(=O)[C@H](CC)N(Cc1c(Cl)cccc1Cl)C(=O)CN(c1ccccc1C(C)C)S(C)(=O)=O. The van der Waals surface area contributed by atoms with Crippen molar-refractivity contribution in [3.8, 4) is 0 Å². The molecule has 2 aromatic carbocycles. The molecule has 10 heteroatoms. The van der Waals surface area contributed by atoms with Crippen molar-refractivity contribution in [3.05, 3.63) is 63.6 Å². The van der Waals surface area contributed by atoms with E-state index in [1.165, 1.54) is 4.90 Å². The van der Waals surface area contributed by atoms with E-state index in [9.17, 15) is 18.0 Å². The summed E-state index contributed by atoms with van der Waals surface area (Å²) >= 11 is 12.8. The largest absolute Gasteiger partial charge is 0.354 e. The lowest BCUT2D eigenvalue weighted by molar-refractivity contribution is -0.140. The van der Waals surface area contributed by atoms with Gasteiger partial charge in [0.15, 0.2) is 0 Å². The second kappa shape index (κ2) is 13.3. The van der Waals surface area contributed by atoms with Crippen LogP contribution in [-0.4, -0.2) is 50.5 Å². The van der Waals surface area contributed by atoms with Crippen LogP contribution >= 0.6 is 23.2 Å². The highest BCUT2D eigenvalue weighted by molar-refractivity contribution is 7.92. The smallest absolute Gasteiger partial charge is 0.244 e. The molecule has 198 valence electrons. The number of nitrogens with zero attached hydrogens (tertiary/aromatic N) is 2. The van der Waals surface area contributed by atoms with Crippen molar-refractivity contribution in [2.24, 2.45) is 0 Å². The Morgan fingerprint density at radius 1 is 1.00 bits per heavy atom. The van der Waals surface area contributed by atoms with Gasteiger partial charge in [0.2, 0.25) is 21.8 Å². The van der Waals surface area contributed by atoms with Gasteiger partial charge < -0.3 is 10.2 Å². The molecule has 0 heterocycles. The minimum Gasteiger partial charge on any atom is -0.354 e. The summed E-state index contributed by atoms with van der Waals surface area (Å²) in [5.74, 6) is -0.820. The van der Waals surface area contributed by atoms with E-state index in [2.05, 4.69) is 5.32 Å². The first-order valence-electron chi connectivity index (χ1n) is 12.0. The van der Waals surface area contributed by atoms with Crippen LogP contribution in [0.25, 0.3) is 0 Å². The molecule has 7 nitrogen and oxygen atoms in total. The van der Waals surface area contributed by atoms with Gasteiger partial charge in [-0.25, -0.2) is 8.42 Å². The number of carbonyl (C=O) groups is 2. The van der Waals surface area contributed by atoms with Gasteiger partial charge in [0, 0.05) is 28.7 Å². The van der Waals surface area contributed by atoms with Crippen LogP contribution < -0.4 is 9.62 Å². The zero-order valence-electron chi connectivity index (χ0n) is 21.4. The van der Waals surface area contributed by atoms with Crippen molar-refractivity contribution in [1.82, 2.24) is 10.2 Å². The first kappa shape index (κ1) is 29.9. The lowest BCUT2D eigenvalue weighted by Crippen LogP contribution is -2.52. The highest BCUT2D eigenvalue weighted by Gasteiger charge is 2.33. The molecule has 0 bridgehead atoms. The summed E-state index contributed by atoms with van der Waals surface area (Å²) in [7, 11) is -3.83. The molecule has 0 saturated carbocycles. The molecule has 0 radical (unpaired) electrons. The number of benzene rings is 2. The van der Waals surface area contributed by atoms with Crippen LogP contribution in [-0.2, 0) is 26.2 Å². The Balaban J connectivity index is 2.55. The third-order valence-corrected chi connectivity index (χ3v) is 7.67. The zero-order valence-corrected chi connectivity index (χ0v) is 23.8. The molecule has 0 saturated heterocycles. The van der Waals surface area contributed by atoms with Gasteiger partial charge in [0.05, 0.1) is 11.9 Å². The Kier molecular flexibility index (Phi) is 11.1. The van der Waals surface area contributed by atoms with Gasteiger partial charge in [-0.3, -0.25) is 13.9 Å². The van der Waals surface area contributed by atoms with E-state index >= 15 is 0 Å². The Bertz CT molecular complexity index is 1150. The lowest BCUT2D eigenvalue weighted by atomic mass is 10.0. The maximum Gasteiger partial charge on any atom is 0.244 e. The lowest BCUT2D eigenvalue weighted by Gasteiger charge is -2.33. The van der Waals surface area contributed by atoms with Crippen molar-refractivity contribution >= 4 is 50.7 Å². The monoisotopic (exact) mass is 555 g/mol. The summed E-state index contributed by atoms with van der Waals surface area (Å²) < 4.78 is 26.9. The van der Waals surface area contributed by atoms with E-state index < -0.39 is 28.5 Å². The van der Waals surface area contributed by atoms with E-state index in [1.807, 2.05) is 32.9 Å². The number of amides is 2. The Morgan fingerprint density at radius 3 is 2.14 bits per heavy atom. The summed E-state index contributed by atoms with van der Waals surface area (Å²) in [6, 6.07) is 11.3. The number of carbonyl (C=O) groups excluding carboxylic acids is 2. The van der Waals surface area contributed by atoms with Gasteiger partial charge in [-0.2, -0.15) is 0 Å². The molecule has 0 aliphatic carbocycles. The summed E-state index contributed by atoms with van der Waals surface area (Å²) in [5.41, 5.74) is 1.72. The first-order valence-corrected chi connectivity index (χ1v) is 14.6. The minimum absolute atomic E-state index is 0.0294. The molecule has 2 rings (SSSR count). The predicted molar refractivity (Wildman–Crippen MR) is 147 cm³/mol. The molecule has 0 aliphatic rings. The molecule has 0 fully saturated rings. The van der Waals surface area contributed by atoms with Crippen molar-refractivity contribution < 1.29 is 18.0 Å². The predicted octanol–water partition coefficient (Wildman–Crippen LogP) is 5.22. The van der Waals surface area contributed by atoms with Crippen molar-refractivity contribution in [2.45, 2.75) is 59.0 Å². The van der Waals surface area contributed by atoms with Gasteiger partial charge in [0.25, 0.3) is 0 Å².